The summed E-state index contributed by atoms with van der Waals surface area (Å²) in [5.74, 6) is -0.306. The molecule has 0 aliphatic heterocycles. The van der Waals surface area contributed by atoms with Crippen molar-refractivity contribution >= 4 is 5.91 Å². The average Bonchev–Trinajstić information content (AvgIpc) is 1.98. The third-order valence-electron chi connectivity index (χ3n) is 1.75. The molecular weight excluding hydrogens is 156 g/mol. The normalized spacial score (nSPS) is 11.6. The van der Waals surface area contributed by atoms with Crippen molar-refractivity contribution in [3.63, 3.8) is 0 Å². The standard InChI is InChI=1S/C8H18N2O2/c1-8(2,7(9)12)6-10-4-3-5-11/h10-11H,3-6H2,1-2H3,(H2,9,12). The Balaban J connectivity index is 3.54. The van der Waals surface area contributed by atoms with Gasteiger partial charge in [0.25, 0.3) is 0 Å². The molecule has 0 rings (SSSR count). The van der Waals surface area contributed by atoms with Crippen molar-refractivity contribution in [2.45, 2.75) is 20.3 Å². The lowest BCUT2D eigenvalue weighted by molar-refractivity contribution is -0.125. The summed E-state index contributed by atoms with van der Waals surface area (Å²) in [7, 11) is 0. The first-order valence-electron chi connectivity index (χ1n) is 4.12. The Morgan fingerprint density at radius 2 is 2.17 bits per heavy atom. The molecule has 72 valence electrons. The van der Waals surface area contributed by atoms with Crippen molar-refractivity contribution < 1.29 is 9.90 Å². The van der Waals surface area contributed by atoms with E-state index < -0.39 is 5.41 Å². The van der Waals surface area contributed by atoms with E-state index in [0.717, 1.165) is 0 Å². The minimum Gasteiger partial charge on any atom is -0.396 e. The zero-order valence-corrected chi connectivity index (χ0v) is 7.76. The van der Waals surface area contributed by atoms with Crippen LogP contribution in [0.4, 0.5) is 0 Å². The lowest BCUT2D eigenvalue weighted by atomic mass is 9.93. The van der Waals surface area contributed by atoms with Gasteiger partial charge in [-0.1, -0.05) is 0 Å². The number of carbonyl (C=O) groups is 1. The molecule has 0 radical (unpaired) electrons. The predicted molar refractivity (Wildman–Crippen MR) is 47.5 cm³/mol. The quantitative estimate of drug-likeness (QED) is 0.474. The molecular formula is C8H18N2O2. The van der Waals surface area contributed by atoms with Crippen LogP contribution in [0.15, 0.2) is 0 Å². The van der Waals surface area contributed by atoms with Crippen LogP contribution in [0, 0.1) is 5.41 Å². The SMILES string of the molecule is CC(C)(CNCCCO)C(N)=O. The number of aliphatic hydroxyl groups is 1. The number of rotatable bonds is 6. The van der Waals surface area contributed by atoms with E-state index in [-0.39, 0.29) is 12.5 Å². The largest absolute Gasteiger partial charge is 0.396 e. The number of amides is 1. The van der Waals surface area contributed by atoms with Gasteiger partial charge in [-0.3, -0.25) is 4.79 Å². The number of hydrogen-bond acceptors (Lipinski definition) is 3. The van der Waals surface area contributed by atoms with E-state index in [1.54, 1.807) is 13.8 Å². The van der Waals surface area contributed by atoms with Crippen molar-refractivity contribution in [1.82, 2.24) is 5.32 Å². The smallest absolute Gasteiger partial charge is 0.224 e. The Morgan fingerprint density at radius 3 is 2.58 bits per heavy atom. The van der Waals surface area contributed by atoms with Gasteiger partial charge in [0.15, 0.2) is 0 Å². The summed E-state index contributed by atoms with van der Waals surface area (Å²) in [6.07, 6.45) is 0.703. The molecule has 0 unspecified atom stereocenters. The number of carbonyl (C=O) groups excluding carboxylic acids is 1. The van der Waals surface area contributed by atoms with E-state index in [1.165, 1.54) is 0 Å². The van der Waals surface area contributed by atoms with Crippen LogP contribution in [0.3, 0.4) is 0 Å². The van der Waals surface area contributed by atoms with Gasteiger partial charge >= 0.3 is 0 Å². The second-order valence-corrected chi connectivity index (χ2v) is 3.50. The van der Waals surface area contributed by atoms with Gasteiger partial charge in [0, 0.05) is 13.2 Å². The van der Waals surface area contributed by atoms with E-state index >= 15 is 0 Å². The highest BCUT2D eigenvalue weighted by molar-refractivity contribution is 5.80. The lowest BCUT2D eigenvalue weighted by Crippen LogP contribution is -2.40. The van der Waals surface area contributed by atoms with Crippen LogP contribution in [0.2, 0.25) is 0 Å². The zero-order valence-electron chi connectivity index (χ0n) is 7.76. The van der Waals surface area contributed by atoms with Crippen molar-refractivity contribution in [3.05, 3.63) is 0 Å². The van der Waals surface area contributed by atoms with E-state index in [9.17, 15) is 4.79 Å². The van der Waals surface area contributed by atoms with Gasteiger partial charge in [0.2, 0.25) is 5.91 Å². The van der Waals surface area contributed by atoms with Gasteiger partial charge in [-0.2, -0.15) is 0 Å². The summed E-state index contributed by atoms with van der Waals surface area (Å²) in [6, 6.07) is 0. The van der Waals surface area contributed by atoms with Crippen LogP contribution >= 0.6 is 0 Å². The van der Waals surface area contributed by atoms with Crippen LogP contribution in [0.1, 0.15) is 20.3 Å². The molecule has 0 aliphatic rings. The number of aliphatic hydroxyl groups excluding tert-OH is 1. The first kappa shape index (κ1) is 11.4. The number of hydrogen-bond donors (Lipinski definition) is 3. The Labute approximate surface area is 73.1 Å². The van der Waals surface area contributed by atoms with E-state index in [1.807, 2.05) is 0 Å². The van der Waals surface area contributed by atoms with E-state index in [4.69, 9.17) is 10.8 Å². The number of primary amides is 1. The molecule has 4 nitrogen and oxygen atoms in total. The lowest BCUT2D eigenvalue weighted by Gasteiger charge is -2.20. The maximum absolute atomic E-state index is 10.8. The number of nitrogens with two attached hydrogens (primary N) is 1. The molecule has 0 saturated carbocycles. The molecule has 0 atom stereocenters. The average molecular weight is 174 g/mol. The van der Waals surface area contributed by atoms with Gasteiger partial charge in [-0.05, 0) is 26.8 Å². The van der Waals surface area contributed by atoms with Crippen LogP contribution in [-0.4, -0.2) is 30.7 Å². The third kappa shape index (κ3) is 4.31. The topological polar surface area (TPSA) is 75.3 Å². The number of nitrogens with one attached hydrogen (secondary N) is 1. The highest BCUT2D eigenvalue weighted by Gasteiger charge is 2.23. The van der Waals surface area contributed by atoms with Crippen molar-refractivity contribution in [2.24, 2.45) is 11.1 Å². The molecule has 4 N–H and O–H groups in total. The Kier molecular flexibility index (Phi) is 4.85. The fraction of sp³-hybridized carbons (Fsp3) is 0.875. The van der Waals surface area contributed by atoms with Crippen molar-refractivity contribution in [3.8, 4) is 0 Å². The van der Waals surface area contributed by atoms with Crippen molar-refractivity contribution in [1.29, 1.82) is 0 Å². The van der Waals surface area contributed by atoms with Crippen LogP contribution in [0.5, 0.6) is 0 Å². The third-order valence-corrected chi connectivity index (χ3v) is 1.75. The molecule has 0 heterocycles. The molecule has 1 amide bonds. The molecule has 0 aromatic carbocycles. The monoisotopic (exact) mass is 174 g/mol. The fourth-order valence-corrected chi connectivity index (χ4v) is 0.692. The summed E-state index contributed by atoms with van der Waals surface area (Å²) in [6.45, 7) is 5.03. The molecule has 0 aliphatic carbocycles. The molecule has 0 bridgehead atoms. The molecule has 0 saturated heterocycles. The van der Waals surface area contributed by atoms with Gasteiger partial charge in [-0.25, -0.2) is 0 Å². The second kappa shape index (κ2) is 5.11. The van der Waals surface area contributed by atoms with Crippen molar-refractivity contribution in [2.75, 3.05) is 19.7 Å². The van der Waals surface area contributed by atoms with Crippen LogP contribution in [-0.2, 0) is 4.79 Å². The maximum Gasteiger partial charge on any atom is 0.224 e. The zero-order chi connectivity index (χ0) is 9.61. The van der Waals surface area contributed by atoms with E-state index in [2.05, 4.69) is 5.32 Å². The maximum atomic E-state index is 10.8. The van der Waals surface area contributed by atoms with Gasteiger partial charge in [0.05, 0.1) is 5.41 Å². The summed E-state index contributed by atoms with van der Waals surface area (Å²) >= 11 is 0. The van der Waals surface area contributed by atoms with Gasteiger partial charge in [0.1, 0.15) is 0 Å². The highest BCUT2D eigenvalue weighted by Crippen LogP contribution is 2.11. The van der Waals surface area contributed by atoms with Crippen LogP contribution in [0.25, 0.3) is 0 Å². The Bertz CT molecular complexity index is 146. The molecule has 0 aromatic heterocycles. The van der Waals surface area contributed by atoms with Gasteiger partial charge in [-0.15, -0.1) is 0 Å². The summed E-state index contributed by atoms with van der Waals surface area (Å²) in [4.78, 5) is 10.8. The first-order valence-corrected chi connectivity index (χ1v) is 4.12. The highest BCUT2D eigenvalue weighted by atomic mass is 16.3. The molecule has 4 heteroatoms. The summed E-state index contributed by atoms with van der Waals surface area (Å²) in [5, 5.41) is 11.5. The molecule has 12 heavy (non-hydrogen) atoms. The first-order chi connectivity index (χ1) is 5.50. The summed E-state index contributed by atoms with van der Waals surface area (Å²) in [5.41, 5.74) is 4.65. The second-order valence-electron chi connectivity index (χ2n) is 3.50. The molecule has 0 spiro atoms. The van der Waals surface area contributed by atoms with Crippen LogP contribution < -0.4 is 11.1 Å². The predicted octanol–water partition coefficient (Wildman–Crippen LogP) is -0.530. The minimum absolute atomic E-state index is 0.171. The van der Waals surface area contributed by atoms with E-state index in [0.29, 0.717) is 19.5 Å². The fourth-order valence-electron chi connectivity index (χ4n) is 0.692. The molecule has 0 fully saturated rings. The Hall–Kier alpha value is -0.610. The van der Waals surface area contributed by atoms with Gasteiger partial charge < -0.3 is 16.2 Å². The Morgan fingerprint density at radius 1 is 1.58 bits per heavy atom. The summed E-state index contributed by atoms with van der Waals surface area (Å²) < 4.78 is 0. The molecule has 0 aromatic rings. The minimum atomic E-state index is -0.505.